The van der Waals surface area contributed by atoms with E-state index in [-0.39, 0.29) is 0 Å². The normalized spacial score (nSPS) is 11.8. The topological polar surface area (TPSA) is 47.3 Å². The lowest BCUT2D eigenvalue weighted by molar-refractivity contribution is 0.623. The van der Waals surface area contributed by atoms with E-state index in [9.17, 15) is 0 Å². The molecule has 0 N–H and O–H groups in total. The van der Waals surface area contributed by atoms with Crippen LogP contribution in [0.2, 0.25) is 0 Å². The Kier molecular flexibility index (Phi) is 6.18. The van der Waals surface area contributed by atoms with Crippen LogP contribution in [0.1, 0.15) is 0 Å². The molecule has 0 aliphatic carbocycles. The van der Waals surface area contributed by atoms with Gasteiger partial charge in [0.1, 0.15) is 16.7 Å². The Hall–Kier alpha value is -7.11. The van der Waals surface area contributed by atoms with Crippen LogP contribution in [0.15, 0.2) is 185 Å². The molecular formula is C47H29N3O2. The molecule has 0 saturated carbocycles. The van der Waals surface area contributed by atoms with E-state index >= 15 is 0 Å². The predicted octanol–water partition coefficient (Wildman–Crippen LogP) is 13.1. The van der Waals surface area contributed by atoms with Crippen LogP contribution in [0.25, 0.3) is 82.8 Å². The number of hydrogen-bond donors (Lipinski definition) is 0. The number of oxazole rings is 1. The maximum atomic E-state index is 6.52. The Labute approximate surface area is 298 Å². The smallest absolute Gasteiger partial charge is 0.227 e. The first-order valence-corrected chi connectivity index (χ1v) is 17.5. The first kappa shape index (κ1) is 28.7. The van der Waals surface area contributed by atoms with Gasteiger partial charge in [-0.2, -0.15) is 0 Å². The first-order chi connectivity index (χ1) is 25.8. The van der Waals surface area contributed by atoms with E-state index in [1.54, 1.807) is 0 Å². The van der Waals surface area contributed by atoms with Crippen molar-refractivity contribution in [3.63, 3.8) is 0 Å². The Balaban J connectivity index is 1.17. The van der Waals surface area contributed by atoms with Crippen LogP contribution in [-0.2, 0) is 0 Å². The SMILES string of the molecule is c1ccc(-c2nc3ccc4ccc(N(c5ccc6oc7ccccc7c6c5)c5ccc6c7ccccc7n(-c7ccccc7)c6c5)cc4c3o2)cc1. The summed E-state index contributed by atoms with van der Waals surface area (Å²) >= 11 is 0. The predicted molar refractivity (Wildman–Crippen MR) is 213 cm³/mol. The molecule has 0 aliphatic heterocycles. The molecule has 0 atom stereocenters. The second-order valence-corrected chi connectivity index (χ2v) is 13.2. The lowest BCUT2D eigenvalue weighted by Gasteiger charge is -2.26. The number of para-hydroxylation sites is 3. The number of hydrogen-bond acceptors (Lipinski definition) is 4. The van der Waals surface area contributed by atoms with Gasteiger partial charge in [-0.1, -0.05) is 91.0 Å². The average Bonchev–Trinajstić information content (AvgIpc) is 3.91. The highest BCUT2D eigenvalue weighted by Crippen LogP contribution is 2.43. The van der Waals surface area contributed by atoms with Crippen molar-refractivity contribution in [1.82, 2.24) is 9.55 Å². The van der Waals surface area contributed by atoms with Crippen molar-refractivity contribution < 1.29 is 8.83 Å². The zero-order valence-corrected chi connectivity index (χ0v) is 27.9. The lowest BCUT2D eigenvalue weighted by Crippen LogP contribution is -2.10. The van der Waals surface area contributed by atoms with Crippen molar-refractivity contribution in [2.75, 3.05) is 4.90 Å². The van der Waals surface area contributed by atoms with Gasteiger partial charge in [-0.05, 0) is 90.3 Å². The van der Waals surface area contributed by atoms with E-state index in [0.29, 0.717) is 5.89 Å². The van der Waals surface area contributed by atoms with E-state index in [4.69, 9.17) is 13.8 Å². The molecule has 0 radical (unpaired) electrons. The molecule has 0 bridgehead atoms. The third kappa shape index (κ3) is 4.39. The van der Waals surface area contributed by atoms with Gasteiger partial charge in [0.15, 0.2) is 5.58 Å². The fourth-order valence-electron chi connectivity index (χ4n) is 7.79. The fraction of sp³-hybridized carbons (Fsp3) is 0. The Morgan fingerprint density at radius 1 is 0.442 bits per heavy atom. The Bertz CT molecular complexity index is 3140. The van der Waals surface area contributed by atoms with Gasteiger partial charge in [-0.15, -0.1) is 0 Å². The van der Waals surface area contributed by atoms with Crippen LogP contribution in [0.3, 0.4) is 0 Å². The third-order valence-electron chi connectivity index (χ3n) is 10.2. The minimum atomic E-state index is 0.613. The molecule has 0 spiro atoms. The van der Waals surface area contributed by atoms with Gasteiger partial charge in [0.25, 0.3) is 0 Å². The van der Waals surface area contributed by atoms with Crippen LogP contribution in [0.4, 0.5) is 17.1 Å². The summed E-state index contributed by atoms with van der Waals surface area (Å²) in [5.41, 5.74) is 10.8. The summed E-state index contributed by atoms with van der Waals surface area (Å²) in [6.07, 6.45) is 0. The number of anilines is 3. The van der Waals surface area contributed by atoms with Gasteiger partial charge in [0.2, 0.25) is 5.89 Å². The molecule has 8 aromatic carbocycles. The molecule has 244 valence electrons. The van der Waals surface area contributed by atoms with Crippen molar-refractivity contribution in [1.29, 1.82) is 0 Å². The van der Waals surface area contributed by atoms with Crippen LogP contribution in [0, 0.1) is 0 Å². The van der Waals surface area contributed by atoms with E-state index in [0.717, 1.165) is 77.6 Å². The highest BCUT2D eigenvalue weighted by atomic mass is 16.3. The second kappa shape index (κ2) is 11.2. The summed E-state index contributed by atoms with van der Waals surface area (Å²) in [6.45, 7) is 0. The maximum absolute atomic E-state index is 6.52. The zero-order chi connectivity index (χ0) is 34.2. The molecule has 0 aliphatic rings. The van der Waals surface area contributed by atoms with E-state index in [1.807, 2.05) is 48.5 Å². The zero-order valence-electron chi connectivity index (χ0n) is 27.9. The molecular weight excluding hydrogens is 639 g/mol. The van der Waals surface area contributed by atoms with Gasteiger partial charge in [0, 0.05) is 55.2 Å². The average molecular weight is 668 g/mol. The largest absolute Gasteiger partial charge is 0.456 e. The number of furan rings is 1. The molecule has 3 heterocycles. The quantitative estimate of drug-likeness (QED) is 0.183. The lowest BCUT2D eigenvalue weighted by atomic mass is 10.1. The molecule has 11 aromatic rings. The number of aromatic nitrogens is 2. The van der Waals surface area contributed by atoms with Gasteiger partial charge in [0.05, 0.1) is 11.0 Å². The molecule has 3 aromatic heterocycles. The van der Waals surface area contributed by atoms with E-state index < -0.39 is 0 Å². The monoisotopic (exact) mass is 667 g/mol. The maximum Gasteiger partial charge on any atom is 0.227 e. The molecule has 52 heavy (non-hydrogen) atoms. The minimum Gasteiger partial charge on any atom is -0.456 e. The molecule has 11 rings (SSSR count). The molecule has 0 saturated heterocycles. The van der Waals surface area contributed by atoms with E-state index in [1.165, 1.54) is 16.3 Å². The molecule has 0 amide bonds. The summed E-state index contributed by atoms with van der Waals surface area (Å²) in [6, 6.07) is 61.6. The Morgan fingerprint density at radius 2 is 1.08 bits per heavy atom. The number of benzene rings is 8. The standard InChI is InChI=1S/C47H29N3O2/c1-3-11-31(12-4-1)47-48-41-25-20-30-19-21-33(27-39(30)46(41)52-47)49(34-23-26-45-40(28-34)38-16-8-10-18-44(38)51-45)35-22-24-37-36-15-7-9-17-42(36)50(43(37)29-35)32-13-5-2-6-14-32/h1-29H. The van der Waals surface area contributed by atoms with Gasteiger partial charge >= 0.3 is 0 Å². The van der Waals surface area contributed by atoms with E-state index in [2.05, 4.69) is 137 Å². The number of fused-ring (bicyclic) bond motifs is 9. The second-order valence-electron chi connectivity index (χ2n) is 13.2. The van der Waals surface area contributed by atoms with Crippen LogP contribution >= 0.6 is 0 Å². The highest BCUT2D eigenvalue weighted by Gasteiger charge is 2.20. The summed E-state index contributed by atoms with van der Waals surface area (Å²) in [7, 11) is 0. The third-order valence-corrected chi connectivity index (χ3v) is 10.2. The summed E-state index contributed by atoms with van der Waals surface area (Å²) in [4.78, 5) is 7.21. The summed E-state index contributed by atoms with van der Waals surface area (Å²) < 4.78 is 15.1. The van der Waals surface area contributed by atoms with Crippen molar-refractivity contribution in [3.8, 4) is 17.1 Å². The number of rotatable bonds is 5. The molecule has 0 fully saturated rings. The first-order valence-electron chi connectivity index (χ1n) is 17.5. The van der Waals surface area contributed by atoms with Crippen molar-refractivity contribution in [2.24, 2.45) is 0 Å². The number of nitrogens with zero attached hydrogens (tertiary/aromatic N) is 3. The van der Waals surface area contributed by atoms with Crippen LogP contribution in [0.5, 0.6) is 0 Å². The van der Waals surface area contributed by atoms with Gasteiger partial charge < -0.3 is 18.3 Å². The van der Waals surface area contributed by atoms with Crippen molar-refractivity contribution >= 4 is 82.7 Å². The minimum absolute atomic E-state index is 0.613. The molecule has 5 heteroatoms. The highest BCUT2D eigenvalue weighted by molar-refractivity contribution is 6.11. The summed E-state index contributed by atoms with van der Waals surface area (Å²) in [5.74, 6) is 0.613. The van der Waals surface area contributed by atoms with Crippen LogP contribution < -0.4 is 4.90 Å². The molecule has 5 nitrogen and oxygen atoms in total. The van der Waals surface area contributed by atoms with Crippen LogP contribution in [-0.4, -0.2) is 9.55 Å². The summed E-state index contributed by atoms with van der Waals surface area (Å²) in [5, 5.41) is 6.68. The Morgan fingerprint density at radius 3 is 1.94 bits per heavy atom. The molecule has 0 unspecified atom stereocenters. The van der Waals surface area contributed by atoms with Crippen molar-refractivity contribution in [3.05, 3.63) is 176 Å². The fourth-order valence-corrected chi connectivity index (χ4v) is 7.79. The van der Waals surface area contributed by atoms with Crippen molar-refractivity contribution in [2.45, 2.75) is 0 Å². The van der Waals surface area contributed by atoms with Gasteiger partial charge in [-0.25, -0.2) is 4.98 Å². The van der Waals surface area contributed by atoms with Gasteiger partial charge in [-0.3, -0.25) is 0 Å².